The Morgan fingerprint density at radius 2 is 1.76 bits per heavy atom. The summed E-state index contributed by atoms with van der Waals surface area (Å²) < 4.78 is 0. The molecule has 92 valence electrons. The first-order valence-electron chi connectivity index (χ1n) is 6.44. The molecule has 1 saturated carbocycles. The number of hydrogen-bond donors (Lipinski definition) is 0. The van der Waals surface area contributed by atoms with Gasteiger partial charge in [0.1, 0.15) is 5.78 Å². The molecule has 2 rings (SSSR count). The lowest BCUT2D eigenvalue weighted by Crippen LogP contribution is -2.38. The summed E-state index contributed by atoms with van der Waals surface area (Å²) in [4.78, 5) is 12.5. The summed E-state index contributed by atoms with van der Waals surface area (Å²) in [5.74, 6) is 0.417. The molecule has 0 bridgehead atoms. The molecule has 1 fully saturated rings. The fraction of sp³-hybridized carbons (Fsp3) is 0.533. The third-order valence-electron chi connectivity index (χ3n) is 3.85. The van der Waals surface area contributed by atoms with Crippen molar-refractivity contribution in [2.45, 2.75) is 43.9 Å². The average Bonchev–Trinajstić information content (AvgIpc) is 2.36. The molecule has 0 amide bonds. The van der Waals surface area contributed by atoms with Crippen LogP contribution in [0, 0.1) is 0 Å². The number of Topliss-reactive ketones (excluding diaryl/α,β-unsaturated/α-hetero) is 1. The molecule has 1 unspecified atom stereocenters. The van der Waals surface area contributed by atoms with Crippen LogP contribution in [0.25, 0.3) is 0 Å². The van der Waals surface area contributed by atoms with Crippen molar-refractivity contribution in [2.75, 3.05) is 5.33 Å². The molecule has 0 radical (unpaired) electrons. The van der Waals surface area contributed by atoms with Crippen molar-refractivity contribution in [2.24, 2.45) is 0 Å². The molecule has 0 heterocycles. The Labute approximate surface area is 112 Å². The molecular formula is C15H19BrO. The minimum Gasteiger partial charge on any atom is -0.299 e. The van der Waals surface area contributed by atoms with Gasteiger partial charge in [-0.25, -0.2) is 0 Å². The standard InChI is InChI=1S/C15H19BrO/c16-12-15(13-8-4-3-5-9-13)11-7-2-1-6-10-14(15)17/h3-5,8-9H,1-2,6-7,10-12H2. The van der Waals surface area contributed by atoms with E-state index in [1.165, 1.54) is 18.4 Å². The maximum Gasteiger partial charge on any atom is 0.144 e. The molecule has 0 saturated heterocycles. The number of alkyl halides is 1. The third kappa shape index (κ3) is 2.62. The zero-order chi connectivity index (χ0) is 12.1. The van der Waals surface area contributed by atoms with Gasteiger partial charge >= 0.3 is 0 Å². The van der Waals surface area contributed by atoms with Gasteiger partial charge in [0.05, 0.1) is 5.41 Å². The van der Waals surface area contributed by atoms with Gasteiger partial charge in [0.15, 0.2) is 0 Å². The Kier molecular flexibility index (Phi) is 4.38. The Morgan fingerprint density at radius 3 is 2.47 bits per heavy atom. The highest BCUT2D eigenvalue weighted by Gasteiger charge is 2.38. The van der Waals surface area contributed by atoms with Gasteiger partial charge in [0.2, 0.25) is 0 Å². The van der Waals surface area contributed by atoms with Crippen LogP contribution in [0.2, 0.25) is 0 Å². The van der Waals surface area contributed by atoms with E-state index in [0.717, 1.165) is 31.0 Å². The predicted octanol–water partition coefficient (Wildman–Crippen LogP) is 4.24. The van der Waals surface area contributed by atoms with E-state index < -0.39 is 0 Å². The minimum atomic E-state index is -0.276. The lowest BCUT2D eigenvalue weighted by molar-refractivity contribution is -0.124. The maximum atomic E-state index is 12.5. The van der Waals surface area contributed by atoms with Crippen LogP contribution in [0.5, 0.6) is 0 Å². The summed E-state index contributed by atoms with van der Waals surface area (Å²) in [7, 11) is 0. The van der Waals surface area contributed by atoms with Gasteiger partial charge in [-0.05, 0) is 18.4 Å². The monoisotopic (exact) mass is 294 g/mol. The van der Waals surface area contributed by atoms with Gasteiger partial charge in [0.25, 0.3) is 0 Å². The van der Waals surface area contributed by atoms with Crippen molar-refractivity contribution >= 4 is 21.7 Å². The van der Waals surface area contributed by atoms with Gasteiger partial charge in [-0.3, -0.25) is 4.79 Å². The highest BCUT2D eigenvalue weighted by Crippen LogP contribution is 2.36. The minimum absolute atomic E-state index is 0.276. The highest BCUT2D eigenvalue weighted by atomic mass is 79.9. The van der Waals surface area contributed by atoms with Crippen LogP contribution in [-0.2, 0) is 10.2 Å². The maximum absolute atomic E-state index is 12.5. The van der Waals surface area contributed by atoms with Crippen LogP contribution in [0.4, 0.5) is 0 Å². The molecule has 1 aromatic carbocycles. The second kappa shape index (κ2) is 5.81. The normalized spacial score (nSPS) is 26.3. The van der Waals surface area contributed by atoms with Crippen molar-refractivity contribution < 1.29 is 4.79 Å². The molecular weight excluding hydrogens is 276 g/mol. The Bertz CT molecular complexity index is 374. The number of ketones is 1. The van der Waals surface area contributed by atoms with Crippen LogP contribution >= 0.6 is 15.9 Å². The van der Waals surface area contributed by atoms with Crippen LogP contribution in [0.1, 0.15) is 44.1 Å². The molecule has 0 aromatic heterocycles. The first-order chi connectivity index (χ1) is 8.29. The first-order valence-corrected chi connectivity index (χ1v) is 7.56. The summed E-state index contributed by atoms with van der Waals surface area (Å²) in [6.45, 7) is 0. The number of carbonyl (C=O) groups excluding carboxylic acids is 1. The summed E-state index contributed by atoms with van der Waals surface area (Å²) in [6.07, 6.45) is 6.40. The molecule has 1 nitrogen and oxygen atoms in total. The average molecular weight is 295 g/mol. The van der Waals surface area contributed by atoms with E-state index in [0.29, 0.717) is 5.78 Å². The highest BCUT2D eigenvalue weighted by molar-refractivity contribution is 9.09. The van der Waals surface area contributed by atoms with Gasteiger partial charge in [-0.2, -0.15) is 0 Å². The molecule has 1 aromatic rings. The number of rotatable bonds is 2. The van der Waals surface area contributed by atoms with E-state index in [1.54, 1.807) is 0 Å². The molecule has 0 N–H and O–H groups in total. The zero-order valence-electron chi connectivity index (χ0n) is 10.1. The molecule has 0 aliphatic heterocycles. The van der Waals surface area contributed by atoms with Crippen LogP contribution in [0.3, 0.4) is 0 Å². The van der Waals surface area contributed by atoms with Gasteiger partial charge in [-0.15, -0.1) is 0 Å². The van der Waals surface area contributed by atoms with E-state index in [9.17, 15) is 4.79 Å². The van der Waals surface area contributed by atoms with E-state index in [4.69, 9.17) is 0 Å². The zero-order valence-corrected chi connectivity index (χ0v) is 11.7. The first kappa shape index (κ1) is 12.8. The molecule has 0 spiro atoms. The summed E-state index contributed by atoms with van der Waals surface area (Å²) >= 11 is 3.58. The number of hydrogen-bond acceptors (Lipinski definition) is 1. The van der Waals surface area contributed by atoms with E-state index in [2.05, 4.69) is 28.1 Å². The van der Waals surface area contributed by atoms with Gasteiger partial charge in [-0.1, -0.05) is 65.5 Å². The SMILES string of the molecule is O=C1CCCCCCC1(CBr)c1ccccc1. The van der Waals surface area contributed by atoms with Gasteiger partial charge in [0, 0.05) is 11.8 Å². The Hall–Kier alpha value is -0.630. The smallest absolute Gasteiger partial charge is 0.144 e. The molecule has 17 heavy (non-hydrogen) atoms. The molecule has 1 aliphatic rings. The van der Waals surface area contributed by atoms with Crippen molar-refractivity contribution in [1.29, 1.82) is 0 Å². The van der Waals surface area contributed by atoms with E-state index in [-0.39, 0.29) is 5.41 Å². The quantitative estimate of drug-likeness (QED) is 0.746. The number of carbonyl (C=O) groups is 1. The van der Waals surface area contributed by atoms with Crippen molar-refractivity contribution in [1.82, 2.24) is 0 Å². The molecule has 1 atom stereocenters. The number of benzene rings is 1. The topological polar surface area (TPSA) is 17.1 Å². The number of halogens is 1. The largest absolute Gasteiger partial charge is 0.299 e. The van der Waals surface area contributed by atoms with Crippen LogP contribution in [-0.4, -0.2) is 11.1 Å². The predicted molar refractivity (Wildman–Crippen MR) is 74.6 cm³/mol. The van der Waals surface area contributed by atoms with Crippen LogP contribution in [0.15, 0.2) is 30.3 Å². The Balaban J connectivity index is 2.35. The lowest BCUT2D eigenvalue weighted by atomic mass is 9.72. The van der Waals surface area contributed by atoms with Gasteiger partial charge < -0.3 is 0 Å². The van der Waals surface area contributed by atoms with Crippen molar-refractivity contribution in [3.05, 3.63) is 35.9 Å². The Morgan fingerprint density at radius 1 is 1.06 bits per heavy atom. The summed E-state index contributed by atoms with van der Waals surface area (Å²) in [5.41, 5.74) is 0.908. The lowest BCUT2D eigenvalue weighted by Gasteiger charge is -2.32. The third-order valence-corrected chi connectivity index (χ3v) is 4.80. The van der Waals surface area contributed by atoms with Crippen molar-refractivity contribution in [3.8, 4) is 0 Å². The molecule has 1 aliphatic carbocycles. The van der Waals surface area contributed by atoms with Crippen LogP contribution < -0.4 is 0 Å². The molecule has 2 heteroatoms. The fourth-order valence-electron chi connectivity index (χ4n) is 2.73. The van der Waals surface area contributed by atoms with Crippen molar-refractivity contribution in [3.63, 3.8) is 0 Å². The van der Waals surface area contributed by atoms with E-state index >= 15 is 0 Å². The summed E-state index contributed by atoms with van der Waals surface area (Å²) in [6, 6.07) is 10.3. The fourth-order valence-corrected chi connectivity index (χ4v) is 3.64. The summed E-state index contributed by atoms with van der Waals surface area (Å²) in [5, 5.41) is 0.753. The van der Waals surface area contributed by atoms with E-state index in [1.807, 2.05) is 18.2 Å². The second-order valence-electron chi connectivity index (χ2n) is 4.92. The second-order valence-corrected chi connectivity index (χ2v) is 5.48.